The fraction of sp³-hybridized carbons (Fsp3) is 0.542. The summed E-state index contributed by atoms with van der Waals surface area (Å²) < 4.78 is 5.50. The van der Waals surface area contributed by atoms with Crippen molar-refractivity contribution < 1.29 is 14.6 Å². The number of hydrogen-bond acceptors (Lipinski definition) is 6. The predicted molar refractivity (Wildman–Crippen MR) is 118 cm³/mol. The van der Waals surface area contributed by atoms with Crippen LogP contribution in [0.25, 0.3) is 0 Å². The molecule has 4 rings (SSSR count). The Balaban J connectivity index is 1.53. The normalized spacial score (nSPS) is 27.4. The molecule has 7 nitrogen and oxygen atoms in total. The van der Waals surface area contributed by atoms with E-state index in [1.807, 2.05) is 18.2 Å². The van der Waals surface area contributed by atoms with Crippen LogP contribution in [0.2, 0.25) is 0 Å². The van der Waals surface area contributed by atoms with E-state index in [1.165, 1.54) is 5.56 Å². The van der Waals surface area contributed by atoms with Crippen molar-refractivity contribution in [2.24, 2.45) is 0 Å². The molecule has 1 amide bonds. The molecule has 1 aliphatic carbocycles. The second kappa shape index (κ2) is 9.85. The van der Waals surface area contributed by atoms with Gasteiger partial charge in [0.15, 0.2) is 0 Å². The zero-order valence-electron chi connectivity index (χ0n) is 18.2. The molecule has 1 saturated heterocycles. The Morgan fingerprint density at radius 1 is 1.19 bits per heavy atom. The number of nitrogens with zero attached hydrogens (tertiary/aromatic N) is 3. The molecule has 0 unspecified atom stereocenters. The molecule has 3 atom stereocenters. The summed E-state index contributed by atoms with van der Waals surface area (Å²) in [6.45, 7) is 5.47. The highest BCUT2D eigenvalue weighted by Gasteiger charge is 2.40. The van der Waals surface area contributed by atoms with Gasteiger partial charge in [0.25, 0.3) is 5.91 Å². The van der Waals surface area contributed by atoms with E-state index in [0.717, 1.165) is 45.6 Å². The first-order chi connectivity index (χ1) is 15.1. The van der Waals surface area contributed by atoms with Crippen LogP contribution in [0, 0.1) is 6.92 Å². The number of hydrogen-bond donors (Lipinski definition) is 2. The second-order valence-corrected chi connectivity index (χ2v) is 8.68. The SMILES string of the molecule is Cc1nccc(C(=O)NC[C@]2(c3ccccc3)CC[C@H](O)[C@@H](N3CCOCC3)CC2)n1. The fourth-order valence-corrected chi connectivity index (χ4v) is 4.98. The third-order valence-corrected chi connectivity index (χ3v) is 6.78. The standard InChI is InChI=1S/C24H32N4O3/c1-18-25-12-9-20(27-18)23(30)26-17-24(19-5-3-2-4-6-19)10-7-21(22(29)8-11-24)28-13-15-31-16-14-28/h2-6,9,12,21-22,29H,7-8,10-11,13-17H2,1H3,(H,26,30)/t21-,22-,24+/m0/s1. The number of ether oxygens (including phenoxy) is 1. The Hall–Kier alpha value is -2.35. The number of carbonyl (C=O) groups is 1. The third-order valence-electron chi connectivity index (χ3n) is 6.78. The van der Waals surface area contributed by atoms with Gasteiger partial charge in [0.2, 0.25) is 0 Å². The zero-order chi connectivity index (χ0) is 21.7. The summed E-state index contributed by atoms with van der Waals surface area (Å²) in [7, 11) is 0. The molecule has 2 heterocycles. The highest BCUT2D eigenvalue weighted by molar-refractivity contribution is 5.92. The number of aryl methyl sites for hydroxylation is 1. The van der Waals surface area contributed by atoms with Crippen LogP contribution in [0.1, 0.15) is 47.6 Å². The highest BCUT2D eigenvalue weighted by atomic mass is 16.5. The molecule has 2 fully saturated rings. The fourth-order valence-electron chi connectivity index (χ4n) is 4.98. The lowest BCUT2D eigenvalue weighted by Crippen LogP contribution is -2.48. The van der Waals surface area contributed by atoms with E-state index in [0.29, 0.717) is 24.5 Å². The number of aliphatic hydroxyl groups excluding tert-OH is 1. The monoisotopic (exact) mass is 424 g/mol. The van der Waals surface area contributed by atoms with Gasteiger partial charge in [0, 0.05) is 37.3 Å². The van der Waals surface area contributed by atoms with Gasteiger partial charge in [-0.1, -0.05) is 30.3 Å². The van der Waals surface area contributed by atoms with E-state index in [1.54, 1.807) is 19.2 Å². The minimum atomic E-state index is -0.371. The Labute approximate surface area is 183 Å². The van der Waals surface area contributed by atoms with E-state index in [2.05, 4.69) is 32.3 Å². The van der Waals surface area contributed by atoms with Crippen LogP contribution in [-0.2, 0) is 10.2 Å². The van der Waals surface area contributed by atoms with Crippen molar-refractivity contribution in [2.75, 3.05) is 32.8 Å². The van der Waals surface area contributed by atoms with Gasteiger partial charge >= 0.3 is 0 Å². The first kappa shape index (κ1) is 21.9. The number of aliphatic hydroxyl groups is 1. The van der Waals surface area contributed by atoms with E-state index in [9.17, 15) is 9.90 Å². The van der Waals surface area contributed by atoms with Crippen LogP contribution < -0.4 is 5.32 Å². The van der Waals surface area contributed by atoms with Crippen molar-refractivity contribution >= 4 is 5.91 Å². The van der Waals surface area contributed by atoms with E-state index in [-0.39, 0.29) is 23.5 Å². The lowest BCUT2D eigenvalue weighted by molar-refractivity contribution is -0.0236. The van der Waals surface area contributed by atoms with Crippen molar-refractivity contribution in [1.82, 2.24) is 20.2 Å². The number of aromatic nitrogens is 2. The van der Waals surface area contributed by atoms with Gasteiger partial charge < -0.3 is 15.2 Å². The molecule has 1 aromatic heterocycles. The van der Waals surface area contributed by atoms with Gasteiger partial charge in [-0.05, 0) is 44.2 Å². The van der Waals surface area contributed by atoms with Crippen molar-refractivity contribution in [1.29, 1.82) is 0 Å². The smallest absolute Gasteiger partial charge is 0.270 e. The molecule has 2 aromatic rings. The second-order valence-electron chi connectivity index (χ2n) is 8.68. The molecule has 31 heavy (non-hydrogen) atoms. The van der Waals surface area contributed by atoms with Crippen LogP contribution in [0.4, 0.5) is 0 Å². The van der Waals surface area contributed by atoms with E-state index in [4.69, 9.17) is 4.74 Å². The van der Waals surface area contributed by atoms with Crippen LogP contribution >= 0.6 is 0 Å². The maximum Gasteiger partial charge on any atom is 0.270 e. The Bertz CT molecular complexity index is 872. The van der Waals surface area contributed by atoms with Gasteiger partial charge in [0.05, 0.1) is 19.3 Å². The number of amides is 1. The maximum absolute atomic E-state index is 12.8. The Kier molecular flexibility index (Phi) is 6.95. The molecule has 7 heteroatoms. The van der Waals surface area contributed by atoms with Crippen molar-refractivity contribution in [3.05, 3.63) is 59.7 Å². The number of carbonyl (C=O) groups excluding carboxylic acids is 1. The molecular formula is C24H32N4O3. The van der Waals surface area contributed by atoms with Gasteiger partial charge in [0.1, 0.15) is 11.5 Å². The van der Waals surface area contributed by atoms with Gasteiger partial charge in [-0.2, -0.15) is 0 Å². The molecule has 0 bridgehead atoms. The van der Waals surface area contributed by atoms with Crippen LogP contribution in [-0.4, -0.2) is 70.9 Å². The summed E-state index contributed by atoms with van der Waals surface area (Å²) in [4.78, 5) is 23.5. The first-order valence-corrected chi connectivity index (χ1v) is 11.2. The number of benzene rings is 1. The van der Waals surface area contributed by atoms with Crippen LogP contribution in [0.5, 0.6) is 0 Å². The summed E-state index contributed by atoms with van der Waals surface area (Å²) in [6.07, 6.45) is 4.56. The lowest BCUT2D eigenvalue weighted by Gasteiger charge is -2.37. The van der Waals surface area contributed by atoms with Crippen molar-refractivity contribution in [3.63, 3.8) is 0 Å². The molecule has 1 saturated carbocycles. The summed E-state index contributed by atoms with van der Waals surface area (Å²) in [6, 6.07) is 12.2. The van der Waals surface area contributed by atoms with Gasteiger partial charge in [-0.3, -0.25) is 9.69 Å². The van der Waals surface area contributed by atoms with Crippen LogP contribution in [0.15, 0.2) is 42.6 Å². The van der Waals surface area contributed by atoms with Gasteiger partial charge in [-0.25, -0.2) is 9.97 Å². The zero-order valence-corrected chi connectivity index (χ0v) is 18.2. The molecule has 1 aliphatic heterocycles. The molecular weight excluding hydrogens is 392 g/mol. The Morgan fingerprint density at radius 3 is 2.68 bits per heavy atom. The molecule has 1 aromatic carbocycles. The quantitative estimate of drug-likeness (QED) is 0.715. The van der Waals surface area contributed by atoms with E-state index < -0.39 is 0 Å². The van der Waals surface area contributed by atoms with Crippen molar-refractivity contribution in [3.8, 4) is 0 Å². The topological polar surface area (TPSA) is 87.6 Å². The van der Waals surface area contributed by atoms with E-state index >= 15 is 0 Å². The number of rotatable bonds is 5. The number of morpholine rings is 1. The molecule has 0 spiro atoms. The summed E-state index contributed by atoms with van der Waals surface area (Å²) in [5, 5.41) is 14.1. The molecule has 166 valence electrons. The maximum atomic E-state index is 12.8. The summed E-state index contributed by atoms with van der Waals surface area (Å²) in [5.41, 5.74) is 1.38. The van der Waals surface area contributed by atoms with Crippen LogP contribution in [0.3, 0.4) is 0 Å². The number of nitrogens with one attached hydrogen (secondary N) is 1. The first-order valence-electron chi connectivity index (χ1n) is 11.2. The molecule has 2 aliphatic rings. The third kappa shape index (κ3) is 5.11. The highest BCUT2D eigenvalue weighted by Crippen LogP contribution is 2.39. The lowest BCUT2D eigenvalue weighted by atomic mass is 9.74. The molecule has 0 radical (unpaired) electrons. The van der Waals surface area contributed by atoms with Gasteiger partial charge in [-0.15, -0.1) is 0 Å². The average molecular weight is 425 g/mol. The molecule has 2 N–H and O–H groups in total. The summed E-state index contributed by atoms with van der Waals surface area (Å²) in [5.74, 6) is 0.395. The Morgan fingerprint density at radius 2 is 1.94 bits per heavy atom. The minimum Gasteiger partial charge on any atom is -0.391 e. The van der Waals surface area contributed by atoms with Crippen molar-refractivity contribution in [2.45, 2.75) is 50.2 Å². The average Bonchev–Trinajstić information content (AvgIpc) is 2.98. The predicted octanol–water partition coefficient (Wildman–Crippen LogP) is 2.09. The minimum absolute atomic E-state index is 0.134. The summed E-state index contributed by atoms with van der Waals surface area (Å²) >= 11 is 0. The largest absolute Gasteiger partial charge is 0.391 e.